The normalized spacial score (nSPS) is 17.2. The zero-order chi connectivity index (χ0) is 20.7. The number of nitrogens with one attached hydrogen (secondary N) is 1. The van der Waals surface area contributed by atoms with Crippen LogP contribution < -0.4 is 10.2 Å². The highest BCUT2D eigenvalue weighted by molar-refractivity contribution is 14.1. The van der Waals surface area contributed by atoms with Crippen LogP contribution in [0.25, 0.3) is 0 Å². The Morgan fingerprint density at radius 1 is 1.00 bits per heavy atom. The third-order valence-electron chi connectivity index (χ3n) is 5.44. The average Bonchev–Trinajstić information content (AvgIpc) is 3.16. The highest BCUT2D eigenvalue weighted by Crippen LogP contribution is 2.36. The molecule has 0 spiro atoms. The lowest BCUT2D eigenvalue weighted by molar-refractivity contribution is -0.120. The van der Waals surface area contributed by atoms with E-state index in [9.17, 15) is 9.59 Å². The molecule has 1 N–H and O–H groups in total. The fraction of sp³-hybridized carbons (Fsp3) is 0.125. The minimum atomic E-state index is -0.984. The van der Waals surface area contributed by atoms with Crippen LogP contribution in [0.1, 0.15) is 27.0 Å². The molecule has 2 aliphatic rings. The van der Waals surface area contributed by atoms with Crippen molar-refractivity contribution in [3.05, 3.63) is 98.6 Å². The van der Waals surface area contributed by atoms with E-state index in [1.165, 1.54) is 0 Å². The van der Waals surface area contributed by atoms with Crippen molar-refractivity contribution in [1.82, 2.24) is 5.32 Å². The van der Waals surface area contributed by atoms with Gasteiger partial charge in [0, 0.05) is 21.2 Å². The summed E-state index contributed by atoms with van der Waals surface area (Å²) in [6.07, 6.45) is -0.184. The second-order valence-corrected chi connectivity index (χ2v) is 8.41. The van der Waals surface area contributed by atoms with Crippen LogP contribution in [0, 0.1) is 3.57 Å². The lowest BCUT2D eigenvalue weighted by Crippen LogP contribution is -2.47. The molecule has 1 atom stereocenters. The third-order valence-corrected chi connectivity index (χ3v) is 6.38. The summed E-state index contributed by atoms with van der Waals surface area (Å²) in [7, 11) is 0. The molecular weight excluding hydrogens is 489 g/mol. The Hall–Kier alpha value is -3.00. The van der Waals surface area contributed by atoms with Crippen LogP contribution in [0.15, 0.2) is 77.8 Å². The number of halogens is 1. The van der Waals surface area contributed by atoms with Gasteiger partial charge in [0.2, 0.25) is 6.17 Å². The first kappa shape index (κ1) is 19.0. The SMILES string of the molecule is O=C(N[C@@H]1N=C(c2ccccc2)c2cccc3c2N(CC3)C1=O)c1ccccc1I. The molecule has 0 saturated carbocycles. The number of hydrogen-bond acceptors (Lipinski definition) is 3. The molecule has 5 nitrogen and oxygen atoms in total. The predicted octanol–water partition coefficient (Wildman–Crippen LogP) is 3.79. The summed E-state index contributed by atoms with van der Waals surface area (Å²) in [6.45, 7) is 0.595. The molecule has 0 bridgehead atoms. The maximum absolute atomic E-state index is 13.4. The monoisotopic (exact) mass is 507 g/mol. The molecule has 0 radical (unpaired) electrons. The minimum absolute atomic E-state index is 0.202. The summed E-state index contributed by atoms with van der Waals surface area (Å²) in [4.78, 5) is 32.9. The highest BCUT2D eigenvalue weighted by atomic mass is 127. The number of para-hydroxylation sites is 1. The Labute approximate surface area is 188 Å². The van der Waals surface area contributed by atoms with E-state index in [4.69, 9.17) is 4.99 Å². The number of hydrogen-bond donors (Lipinski definition) is 1. The van der Waals surface area contributed by atoms with E-state index < -0.39 is 6.17 Å². The number of benzene rings is 3. The molecule has 0 aliphatic carbocycles. The van der Waals surface area contributed by atoms with Gasteiger partial charge in [0.25, 0.3) is 11.8 Å². The zero-order valence-corrected chi connectivity index (χ0v) is 18.2. The summed E-state index contributed by atoms with van der Waals surface area (Å²) in [5, 5.41) is 2.87. The van der Waals surface area contributed by atoms with Gasteiger partial charge < -0.3 is 10.2 Å². The highest BCUT2D eigenvalue weighted by Gasteiger charge is 2.37. The van der Waals surface area contributed by atoms with Crippen molar-refractivity contribution in [2.45, 2.75) is 12.6 Å². The fourth-order valence-electron chi connectivity index (χ4n) is 4.04. The number of nitrogens with zero attached hydrogens (tertiary/aromatic N) is 2. The molecule has 0 aromatic heterocycles. The number of aliphatic imine (C=N–C) groups is 1. The summed E-state index contributed by atoms with van der Waals surface area (Å²) in [5.41, 5.74) is 5.14. The first-order valence-corrected chi connectivity index (χ1v) is 10.8. The van der Waals surface area contributed by atoms with Gasteiger partial charge in [-0.15, -0.1) is 0 Å². The lowest BCUT2D eigenvalue weighted by atomic mass is 9.98. The zero-order valence-electron chi connectivity index (χ0n) is 16.0. The first-order valence-electron chi connectivity index (χ1n) is 9.76. The molecule has 3 aromatic carbocycles. The molecular formula is C24H18IN3O2. The molecule has 30 heavy (non-hydrogen) atoms. The molecule has 2 heterocycles. The van der Waals surface area contributed by atoms with E-state index in [1.807, 2.05) is 60.7 Å². The molecule has 0 fully saturated rings. The van der Waals surface area contributed by atoms with Gasteiger partial charge in [0.15, 0.2) is 0 Å². The summed E-state index contributed by atoms with van der Waals surface area (Å²) in [5.74, 6) is -0.508. The quantitative estimate of drug-likeness (QED) is 0.549. The van der Waals surface area contributed by atoms with Crippen molar-refractivity contribution >= 4 is 45.8 Å². The second-order valence-electron chi connectivity index (χ2n) is 7.25. The average molecular weight is 507 g/mol. The van der Waals surface area contributed by atoms with Crippen molar-refractivity contribution in [1.29, 1.82) is 0 Å². The van der Waals surface area contributed by atoms with Crippen LogP contribution >= 0.6 is 22.6 Å². The Kier molecular flexibility index (Phi) is 4.86. The summed E-state index contributed by atoms with van der Waals surface area (Å²) in [6, 6.07) is 23.2. The van der Waals surface area contributed by atoms with Crippen molar-refractivity contribution in [2.24, 2.45) is 4.99 Å². The second kappa shape index (κ2) is 7.68. The van der Waals surface area contributed by atoms with E-state index in [0.717, 1.165) is 38.1 Å². The van der Waals surface area contributed by atoms with E-state index >= 15 is 0 Å². The van der Waals surface area contributed by atoms with Crippen LogP contribution in [0.2, 0.25) is 0 Å². The number of carbonyl (C=O) groups is 2. The van der Waals surface area contributed by atoms with E-state index in [1.54, 1.807) is 11.0 Å². The first-order chi connectivity index (χ1) is 14.6. The summed E-state index contributed by atoms with van der Waals surface area (Å²) >= 11 is 2.12. The largest absolute Gasteiger partial charge is 0.322 e. The Morgan fingerprint density at radius 3 is 2.57 bits per heavy atom. The van der Waals surface area contributed by atoms with Gasteiger partial charge in [-0.3, -0.25) is 9.59 Å². The minimum Gasteiger partial charge on any atom is -0.322 e. The van der Waals surface area contributed by atoms with Gasteiger partial charge >= 0.3 is 0 Å². The van der Waals surface area contributed by atoms with Crippen molar-refractivity contribution in [3.8, 4) is 0 Å². The van der Waals surface area contributed by atoms with Gasteiger partial charge in [-0.1, -0.05) is 60.7 Å². The number of amides is 2. The molecule has 2 amide bonds. The number of anilines is 1. The summed E-state index contributed by atoms with van der Waals surface area (Å²) < 4.78 is 0.827. The molecule has 6 heteroatoms. The molecule has 0 saturated heterocycles. The van der Waals surface area contributed by atoms with Gasteiger partial charge in [-0.25, -0.2) is 4.99 Å². The van der Waals surface area contributed by atoms with Crippen molar-refractivity contribution in [3.63, 3.8) is 0 Å². The topological polar surface area (TPSA) is 61.8 Å². The van der Waals surface area contributed by atoms with Crippen LogP contribution in [0.3, 0.4) is 0 Å². The van der Waals surface area contributed by atoms with Gasteiger partial charge in [-0.2, -0.15) is 0 Å². The van der Waals surface area contributed by atoms with Crippen molar-refractivity contribution < 1.29 is 9.59 Å². The van der Waals surface area contributed by atoms with Gasteiger partial charge in [0.1, 0.15) is 0 Å². The third kappa shape index (κ3) is 3.21. The number of carbonyl (C=O) groups excluding carboxylic acids is 2. The lowest BCUT2D eigenvalue weighted by Gasteiger charge is -2.21. The molecule has 3 aromatic rings. The predicted molar refractivity (Wildman–Crippen MR) is 125 cm³/mol. The maximum Gasteiger partial charge on any atom is 0.272 e. The number of rotatable bonds is 3. The van der Waals surface area contributed by atoms with Gasteiger partial charge in [0.05, 0.1) is 17.0 Å². The standard InChI is InChI=1S/C24H18IN3O2/c25-19-12-5-4-10-17(19)23(29)27-22-24(30)28-14-13-16-9-6-11-18(21(16)28)20(26-22)15-7-2-1-3-8-15/h1-12,22H,13-14H2,(H,27,29)/t22-/m0/s1. The Bertz CT molecular complexity index is 1190. The van der Waals surface area contributed by atoms with Crippen LogP contribution in [0.5, 0.6) is 0 Å². The van der Waals surface area contributed by atoms with Crippen LogP contribution in [0.4, 0.5) is 5.69 Å². The molecule has 148 valence electrons. The van der Waals surface area contributed by atoms with Crippen molar-refractivity contribution in [2.75, 3.05) is 11.4 Å². The Balaban J connectivity index is 1.61. The Morgan fingerprint density at radius 2 is 1.77 bits per heavy atom. The smallest absolute Gasteiger partial charge is 0.272 e. The van der Waals surface area contributed by atoms with Gasteiger partial charge in [-0.05, 0) is 46.7 Å². The van der Waals surface area contributed by atoms with E-state index in [-0.39, 0.29) is 11.8 Å². The maximum atomic E-state index is 13.4. The molecule has 2 aliphatic heterocycles. The van der Waals surface area contributed by atoms with E-state index in [2.05, 4.69) is 34.0 Å². The van der Waals surface area contributed by atoms with Crippen LogP contribution in [-0.4, -0.2) is 30.2 Å². The van der Waals surface area contributed by atoms with E-state index in [0.29, 0.717) is 12.1 Å². The molecule has 0 unspecified atom stereocenters. The van der Waals surface area contributed by atoms with Crippen LogP contribution in [-0.2, 0) is 11.2 Å². The molecule has 5 rings (SSSR count). The fourth-order valence-corrected chi connectivity index (χ4v) is 4.67.